The van der Waals surface area contributed by atoms with Gasteiger partial charge in [0.15, 0.2) is 5.71 Å². The maximum Gasteiger partial charge on any atom is 0.410 e. The molecule has 2 aliphatic heterocycles. The fourth-order valence-corrected chi connectivity index (χ4v) is 2.81. The zero-order valence-electron chi connectivity index (χ0n) is 12.6. The molecule has 1 saturated heterocycles. The van der Waals surface area contributed by atoms with Gasteiger partial charge in [-0.1, -0.05) is 35.5 Å². The van der Waals surface area contributed by atoms with Gasteiger partial charge in [0.2, 0.25) is 0 Å². The number of nitrogens with zero attached hydrogens (tertiary/aromatic N) is 2. The average molecular weight is 318 g/mol. The number of likely N-dealkylation sites (tertiary alicyclic amines) is 1. The molecular weight excluding hydrogens is 300 g/mol. The van der Waals surface area contributed by atoms with Gasteiger partial charge in [0.05, 0.1) is 0 Å². The highest BCUT2D eigenvalue weighted by Gasteiger charge is 2.44. The van der Waals surface area contributed by atoms with Gasteiger partial charge in [0.25, 0.3) is 0 Å². The molecule has 3 rings (SSSR count). The van der Waals surface area contributed by atoms with Gasteiger partial charge in [-0.3, -0.25) is 0 Å². The van der Waals surface area contributed by atoms with Crippen LogP contribution in [0.15, 0.2) is 35.5 Å². The highest BCUT2D eigenvalue weighted by atomic mass is 16.7. The predicted octanol–water partition coefficient (Wildman–Crippen LogP) is 2.02. The van der Waals surface area contributed by atoms with Crippen molar-refractivity contribution in [2.45, 2.75) is 31.5 Å². The third-order valence-corrected chi connectivity index (χ3v) is 4.22. The molecule has 7 nitrogen and oxygen atoms in total. The summed E-state index contributed by atoms with van der Waals surface area (Å²) in [5.41, 5.74) is 0.405. The van der Waals surface area contributed by atoms with Gasteiger partial charge in [-0.2, -0.15) is 0 Å². The molecule has 1 fully saturated rings. The summed E-state index contributed by atoms with van der Waals surface area (Å²) in [5, 5.41) is 12.6. The fraction of sp³-hybridized carbons (Fsp3) is 0.438. The van der Waals surface area contributed by atoms with Crippen LogP contribution in [0, 0.1) is 0 Å². The van der Waals surface area contributed by atoms with Crippen molar-refractivity contribution in [2.24, 2.45) is 5.16 Å². The molecule has 7 heteroatoms. The van der Waals surface area contributed by atoms with Crippen molar-refractivity contribution in [2.75, 3.05) is 13.1 Å². The summed E-state index contributed by atoms with van der Waals surface area (Å²) in [7, 11) is 0. The lowest BCUT2D eigenvalue weighted by molar-refractivity contribution is -0.129. The zero-order valence-corrected chi connectivity index (χ0v) is 12.6. The van der Waals surface area contributed by atoms with Gasteiger partial charge in [0, 0.05) is 32.4 Å². The number of rotatable bonds is 3. The SMILES string of the molecule is O=C(O)C1=NOC2(CCN(C(=O)OCc3ccccc3)CC2)C1. The minimum Gasteiger partial charge on any atom is -0.477 e. The van der Waals surface area contributed by atoms with Crippen LogP contribution in [-0.4, -0.2) is 46.5 Å². The lowest BCUT2D eigenvalue weighted by atomic mass is 9.87. The lowest BCUT2D eigenvalue weighted by Crippen LogP contribution is -2.47. The van der Waals surface area contributed by atoms with E-state index < -0.39 is 11.6 Å². The van der Waals surface area contributed by atoms with Crippen molar-refractivity contribution in [1.29, 1.82) is 0 Å². The minimum absolute atomic E-state index is 0.0464. The molecule has 1 aromatic carbocycles. The molecule has 2 aliphatic rings. The van der Waals surface area contributed by atoms with E-state index in [0.717, 1.165) is 5.56 Å². The normalized spacial score (nSPS) is 19.1. The molecule has 2 heterocycles. The standard InChI is InChI=1S/C16H18N2O5/c19-14(20)13-10-16(23-17-13)6-8-18(9-7-16)15(21)22-11-12-4-2-1-3-5-12/h1-5H,6-11H2,(H,19,20). The summed E-state index contributed by atoms with van der Waals surface area (Å²) in [4.78, 5) is 30.0. The fourth-order valence-electron chi connectivity index (χ4n) is 2.81. The topological polar surface area (TPSA) is 88.4 Å². The van der Waals surface area contributed by atoms with E-state index in [9.17, 15) is 9.59 Å². The lowest BCUT2D eigenvalue weighted by Gasteiger charge is -2.36. The van der Waals surface area contributed by atoms with Gasteiger partial charge in [-0.25, -0.2) is 9.59 Å². The number of carboxylic acid groups (broad SMARTS) is 1. The van der Waals surface area contributed by atoms with E-state index in [1.165, 1.54) is 0 Å². The van der Waals surface area contributed by atoms with Crippen LogP contribution in [0.1, 0.15) is 24.8 Å². The number of piperidine rings is 1. The number of carboxylic acids is 1. The van der Waals surface area contributed by atoms with Crippen molar-refractivity contribution in [1.82, 2.24) is 4.90 Å². The largest absolute Gasteiger partial charge is 0.477 e. The van der Waals surface area contributed by atoms with E-state index in [1.807, 2.05) is 30.3 Å². The Morgan fingerprint density at radius 2 is 1.96 bits per heavy atom. The maximum absolute atomic E-state index is 12.1. The summed E-state index contributed by atoms with van der Waals surface area (Å²) < 4.78 is 5.30. The molecule has 0 saturated carbocycles. The van der Waals surface area contributed by atoms with Crippen LogP contribution in [0.25, 0.3) is 0 Å². The van der Waals surface area contributed by atoms with Crippen LogP contribution in [0.2, 0.25) is 0 Å². The zero-order chi connectivity index (χ0) is 16.3. The number of ether oxygens (including phenoxy) is 1. The summed E-state index contributed by atoms with van der Waals surface area (Å²) >= 11 is 0. The highest BCUT2D eigenvalue weighted by molar-refractivity contribution is 6.36. The number of carbonyl (C=O) groups is 2. The number of hydrogen-bond donors (Lipinski definition) is 1. The highest BCUT2D eigenvalue weighted by Crippen LogP contribution is 2.34. The predicted molar refractivity (Wildman–Crippen MR) is 80.9 cm³/mol. The van der Waals surface area contributed by atoms with Crippen LogP contribution in [0.4, 0.5) is 4.79 Å². The molecule has 1 amide bonds. The Hall–Kier alpha value is -2.57. The monoisotopic (exact) mass is 318 g/mol. The van der Waals surface area contributed by atoms with E-state index in [2.05, 4.69) is 5.16 Å². The first-order valence-corrected chi connectivity index (χ1v) is 7.52. The first-order chi connectivity index (χ1) is 11.1. The van der Waals surface area contributed by atoms with Crippen molar-refractivity contribution >= 4 is 17.8 Å². The molecule has 1 N–H and O–H groups in total. The number of oxime groups is 1. The minimum atomic E-state index is -1.05. The van der Waals surface area contributed by atoms with Crippen LogP contribution in [0.5, 0.6) is 0 Å². The summed E-state index contributed by atoms with van der Waals surface area (Å²) in [6.45, 7) is 1.18. The van der Waals surface area contributed by atoms with Gasteiger partial charge in [0.1, 0.15) is 12.2 Å². The van der Waals surface area contributed by atoms with Gasteiger partial charge >= 0.3 is 12.1 Å². The number of carbonyl (C=O) groups excluding carboxylic acids is 1. The molecule has 0 bridgehead atoms. The Bertz CT molecular complexity index is 621. The molecule has 122 valence electrons. The summed E-state index contributed by atoms with van der Waals surface area (Å²) in [5.74, 6) is -1.05. The molecule has 0 aliphatic carbocycles. The van der Waals surface area contributed by atoms with Gasteiger partial charge in [-0.15, -0.1) is 0 Å². The maximum atomic E-state index is 12.1. The quantitative estimate of drug-likeness (QED) is 0.921. The van der Waals surface area contributed by atoms with E-state index in [-0.39, 0.29) is 24.8 Å². The Morgan fingerprint density at radius 3 is 2.57 bits per heavy atom. The number of aliphatic carboxylic acids is 1. The molecular formula is C16H18N2O5. The van der Waals surface area contributed by atoms with E-state index in [0.29, 0.717) is 25.9 Å². The first-order valence-electron chi connectivity index (χ1n) is 7.52. The Balaban J connectivity index is 1.48. The van der Waals surface area contributed by atoms with Crippen LogP contribution in [0.3, 0.4) is 0 Å². The first kappa shape index (κ1) is 15.3. The van der Waals surface area contributed by atoms with Gasteiger partial charge < -0.3 is 19.6 Å². The van der Waals surface area contributed by atoms with Crippen molar-refractivity contribution < 1.29 is 24.3 Å². The Kier molecular flexibility index (Phi) is 4.18. The summed E-state index contributed by atoms with van der Waals surface area (Å²) in [6.07, 6.45) is 1.03. The van der Waals surface area contributed by atoms with E-state index in [1.54, 1.807) is 4.90 Å². The third-order valence-electron chi connectivity index (χ3n) is 4.22. The van der Waals surface area contributed by atoms with E-state index >= 15 is 0 Å². The van der Waals surface area contributed by atoms with Crippen LogP contribution >= 0.6 is 0 Å². The van der Waals surface area contributed by atoms with Crippen LogP contribution in [-0.2, 0) is 21.0 Å². The molecule has 0 aromatic heterocycles. The number of amides is 1. The number of hydrogen-bond acceptors (Lipinski definition) is 5. The smallest absolute Gasteiger partial charge is 0.410 e. The molecule has 1 aromatic rings. The Morgan fingerprint density at radius 1 is 1.26 bits per heavy atom. The van der Waals surface area contributed by atoms with Crippen LogP contribution < -0.4 is 0 Å². The Labute approximate surface area is 133 Å². The van der Waals surface area contributed by atoms with Crippen molar-refractivity contribution in [3.63, 3.8) is 0 Å². The van der Waals surface area contributed by atoms with Crippen molar-refractivity contribution in [3.8, 4) is 0 Å². The average Bonchev–Trinajstić information content (AvgIpc) is 2.98. The molecule has 23 heavy (non-hydrogen) atoms. The second-order valence-corrected chi connectivity index (χ2v) is 5.82. The molecule has 0 unspecified atom stereocenters. The molecule has 0 atom stereocenters. The second-order valence-electron chi connectivity index (χ2n) is 5.82. The third kappa shape index (κ3) is 3.44. The van der Waals surface area contributed by atoms with Gasteiger partial charge in [-0.05, 0) is 5.56 Å². The second kappa shape index (κ2) is 6.28. The van der Waals surface area contributed by atoms with E-state index in [4.69, 9.17) is 14.7 Å². The number of benzene rings is 1. The molecule has 0 radical (unpaired) electrons. The van der Waals surface area contributed by atoms with Crippen molar-refractivity contribution in [3.05, 3.63) is 35.9 Å². The molecule has 1 spiro atoms. The summed E-state index contributed by atoms with van der Waals surface area (Å²) in [6, 6.07) is 9.49.